The van der Waals surface area contributed by atoms with Crippen molar-refractivity contribution in [3.05, 3.63) is 59.2 Å². The normalized spacial score (nSPS) is 12.4. The summed E-state index contributed by atoms with van der Waals surface area (Å²) in [6.07, 6.45) is 2.16. The number of carbonyl (C=O) groups is 3. The van der Waals surface area contributed by atoms with Crippen LogP contribution in [0.25, 0.3) is 0 Å². The summed E-state index contributed by atoms with van der Waals surface area (Å²) >= 11 is 0. The predicted octanol–water partition coefficient (Wildman–Crippen LogP) is 2.24. The van der Waals surface area contributed by atoms with Crippen LogP contribution in [-0.4, -0.2) is 17.7 Å². The van der Waals surface area contributed by atoms with E-state index in [1.807, 2.05) is 18.2 Å². The van der Waals surface area contributed by atoms with Crippen molar-refractivity contribution in [2.45, 2.75) is 25.7 Å². The molecular formula is C19H19N3O3. The highest BCUT2D eigenvalue weighted by Crippen LogP contribution is 2.24. The Labute approximate surface area is 145 Å². The number of aryl methyl sites for hydroxylation is 1. The molecule has 0 aliphatic carbocycles. The highest BCUT2D eigenvalue weighted by atomic mass is 16.2. The topological polar surface area (TPSA) is 101 Å². The Kier molecular flexibility index (Phi) is 4.79. The Morgan fingerprint density at radius 3 is 2.76 bits per heavy atom. The first kappa shape index (κ1) is 16.7. The fraction of sp³-hybridized carbons (Fsp3) is 0.211. The van der Waals surface area contributed by atoms with Gasteiger partial charge in [-0.1, -0.05) is 24.3 Å². The molecule has 0 fully saturated rings. The van der Waals surface area contributed by atoms with Gasteiger partial charge in [0.25, 0.3) is 5.91 Å². The van der Waals surface area contributed by atoms with Crippen LogP contribution >= 0.6 is 0 Å². The third-order valence-corrected chi connectivity index (χ3v) is 4.13. The van der Waals surface area contributed by atoms with E-state index in [2.05, 4.69) is 10.6 Å². The van der Waals surface area contributed by atoms with Crippen LogP contribution < -0.4 is 16.4 Å². The Morgan fingerprint density at radius 2 is 1.96 bits per heavy atom. The maximum atomic E-state index is 12.1. The number of primary amides is 1. The maximum Gasteiger partial charge on any atom is 0.250 e. The van der Waals surface area contributed by atoms with Crippen LogP contribution in [0.4, 0.5) is 11.4 Å². The van der Waals surface area contributed by atoms with Gasteiger partial charge in [0.05, 0.1) is 17.7 Å². The lowest BCUT2D eigenvalue weighted by molar-refractivity contribution is -0.116. The molecule has 0 spiro atoms. The van der Waals surface area contributed by atoms with Crippen LogP contribution in [0.15, 0.2) is 42.5 Å². The molecule has 6 nitrogen and oxygen atoms in total. The second-order valence-electron chi connectivity index (χ2n) is 6.03. The monoisotopic (exact) mass is 337 g/mol. The van der Waals surface area contributed by atoms with Crippen LogP contribution in [0.3, 0.4) is 0 Å². The molecule has 6 heteroatoms. The first-order chi connectivity index (χ1) is 12.0. The van der Waals surface area contributed by atoms with Gasteiger partial charge in [-0.15, -0.1) is 0 Å². The van der Waals surface area contributed by atoms with Crippen molar-refractivity contribution in [1.82, 2.24) is 0 Å². The van der Waals surface area contributed by atoms with Gasteiger partial charge in [0, 0.05) is 12.1 Å². The van der Waals surface area contributed by atoms with E-state index in [9.17, 15) is 14.4 Å². The zero-order chi connectivity index (χ0) is 17.8. The number of rotatable bonds is 6. The molecule has 2 aromatic carbocycles. The maximum absolute atomic E-state index is 12.1. The molecule has 0 saturated heterocycles. The fourth-order valence-corrected chi connectivity index (χ4v) is 2.91. The highest BCUT2D eigenvalue weighted by molar-refractivity contribution is 6.03. The molecule has 25 heavy (non-hydrogen) atoms. The molecule has 4 N–H and O–H groups in total. The minimum Gasteiger partial charge on any atom is -0.366 e. The first-order valence-electron chi connectivity index (χ1n) is 8.13. The number of nitrogens with one attached hydrogen (secondary N) is 2. The number of nitrogens with two attached hydrogens (primary N) is 1. The number of carbonyl (C=O) groups excluding carboxylic acids is 3. The second kappa shape index (κ2) is 7.17. The van der Waals surface area contributed by atoms with Crippen LogP contribution in [-0.2, 0) is 22.4 Å². The van der Waals surface area contributed by atoms with Crippen molar-refractivity contribution >= 4 is 29.1 Å². The predicted molar refractivity (Wildman–Crippen MR) is 95.3 cm³/mol. The number of para-hydroxylation sites is 1. The van der Waals surface area contributed by atoms with Gasteiger partial charge in [0.1, 0.15) is 0 Å². The second-order valence-corrected chi connectivity index (χ2v) is 6.03. The lowest BCUT2D eigenvalue weighted by Gasteiger charge is -2.09. The Morgan fingerprint density at radius 1 is 1.16 bits per heavy atom. The largest absolute Gasteiger partial charge is 0.366 e. The Balaban J connectivity index is 1.53. The van der Waals surface area contributed by atoms with Gasteiger partial charge in [-0.2, -0.15) is 0 Å². The molecular weight excluding hydrogens is 318 g/mol. The van der Waals surface area contributed by atoms with Crippen molar-refractivity contribution in [2.24, 2.45) is 5.73 Å². The van der Waals surface area contributed by atoms with Crippen molar-refractivity contribution in [2.75, 3.05) is 10.6 Å². The summed E-state index contributed by atoms with van der Waals surface area (Å²) in [7, 11) is 0. The van der Waals surface area contributed by atoms with Crippen LogP contribution in [0.1, 0.15) is 34.3 Å². The van der Waals surface area contributed by atoms with Crippen molar-refractivity contribution in [3.8, 4) is 0 Å². The molecule has 0 unspecified atom stereocenters. The molecule has 128 valence electrons. The first-order valence-corrected chi connectivity index (χ1v) is 8.13. The molecule has 1 aliphatic heterocycles. The van der Waals surface area contributed by atoms with E-state index in [0.717, 1.165) is 23.2 Å². The summed E-state index contributed by atoms with van der Waals surface area (Å²) in [6, 6.07) is 12.5. The molecule has 3 rings (SSSR count). The fourth-order valence-electron chi connectivity index (χ4n) is 2.91. The summed E-state index contributed by atoms with van der Waals surface area (Å²) in [5.74, 6) is -0.719. The van der Waals surface area contributed by atoms with Gasteiger partial charge in [-0.25, -0.2) is 0 Å². The standard InChI is InChI=1S/C19H19N3O3/c20-19(25)14-5-1-2-6-16(14)22-17(23)7-3-4-12-8-9-15-13(10-12)11-18(24)21-15/h1-2,5-6,8-10H,3-4,7,11H2,(H2,20,25)(H,21,24)(H,22,23). The molecule has 0 bridgehead atoms. The molecule has 0 atom stereocenters. The van der Waals surface area contributed by atoms with Crippen molar-refractivity contribution in [1.29, 1.82) is 0 Å². The quantitative estimate of drug-likeness (QED) is 0.753. The third kappa shape index (κ3) is 4.03. The SMILES string of the molecule is NC(=O)c1ccccc1NC(=O)CCCc1ccc2c(c1)CC(=O)N2. The molecule has 0 aromatic heterocycles. The summed E-state index contributed by atoms with van der Waals surface area (Å²) in [4.78, 5) is 34.8. The van der Waals surface area contributed by atoms with E-state index in [4.69, 9.17) is 5.73 Å². The lowest BCUT2D eigenvalue weighted by Crippen LogP contribution is -2.18. The molecule has 1 heterocycles. The van der Waals surface area contributed by atoms with Gasteiger partial charge < -0.3 is 16.4 Å². The third-order valence-electron chi connectivity index (χ3n) is 4.13. The van der Waals surface area contributed by atoms with Gasteiger partial charge >= 0.3 is 0 Å². The number of hydrogen-bond donors (Lipinski definition) is 3. The smallest absolute Gasteiger partial charge is 0.250 e. The Hall–Kier alpha value is -3.15. The van der Waals surface area contributed by atoms with Crippen molar-refractivity contribution < 1.29 is 14.4 Å². The lowest BCUT2D eigenvalue weighted by atomic mass is 10.0. The summed E-state index contributed by atoms with van der Waals surface area (Å²) in [6.45, 7) is 0. The number of amides is 3. The van der Waals surface area contributed by atoms with E-state index in [-0.39, 0.29) is 11.8 Å². The zero-order valence-electron chi connectivity index (χ0n) is 13.7. The van der Waals surface area contributed by atoms with Gasteiger partial charge in [-0.05, 0) is 42.2 Å². The van der Waals surface area contributed by atoms with Gasteiger partial charge in [0.2, 0.25) is 11.8 Å². The minimum absolute atomic E-state index is 0.0136. The highest BCUT2D eigenvalue weighted by Gasteiger charge is 2.17. The molecule has 3 amide bonds. The average molecular weight is 337 g/mol. The average Bonchev–Trinajstić information content (AvgIpc) is 2.94. The number of hydrogen-bond acceptors (Lipinski definition) is 3. The minimum atomic E-state index is -0.572. The van der Waals surface area contributed by atoms with E-state index >= 15 is 0 Å². The van der Waals surface area contributed by atoms with Crippen molar-refractivity contribution in [3.63, 3.8) is 0 Å². The van der Waals surface area contributed by atoms with E-state index in [1.54, 1.807) is 24.3 Å². The van der Waals surface area contributed by atoms with Crippen LogP contribution in [0.2, 0.25) is 0 Å². The molecule has 1 aliphatic rings. The van der Waals surface area contributed by atoms with E-state index in [1.165, 1.54) is 0 Å². The molecule has 2 aromatic rings. The number of anilines is 2. The molecule has 0 radical (unpaired) electrons. The van der Waals surface area contributed by atoms with Crippen LogP contribution in [0, 0.1) is 0 Å². The van der Waals surface area contributed by atoms with Gasteiger partial charge in [0.15, 0.2) is 0 Å². The summed E-state index contributed by atoms with van der Waals surface area (Å²) < 4.78 is 0. The van der Waals surface area contributed by atoms with E-state index < -0.39 is 5.91 Å². The Bertz CT molecular complexity index is 846. The molecule has 0 saturated carbocycles. The summed E-state index contributed by atoms with van der Waals surface area (Å²) in [5.41, 5.74) is 9.00. The van der Waals surface area contributed by atoms with Crippen LogP contribution in [0.5, 0.6) is 0 Å². The number of fused-ring (bicyclic) bond motifs is 1. The van der Waals surface area contributed by atoms with Gasteiger partial charge in [-0.3, -0.25) is 14.4 Å². The van der Waals surface area contributed by atoms with E-state index in [0.29, 0.717) is 30.5 Å². The zero-order valence-corrected chi connectivity index (χ0v) is 13.7. The number of benzene rings is 2. The summed E-state index contributed by atoms with van der Waals surface area (Å²) in [5, 5.41) is 5.53.